The Balaban J connectivity index is 1.34. The van der Waals surface area contributed by atoms with Crippen molar-refractivity contribution in [3.05, 3.63) is 122 Å². The second-order valence-corrected chi connectivity index (χ2v) is 10.4. The van der Waals surface area contributed by atoms with E-state index < -0.39 is 35.9 Å². The molecule has 11 nitrogen and oxygen atoms in total. The van der Waals surface area contributed by atoms with Gasteiger partial charge in [0.05, 0.1) is 28.8 Å². The Labute approximate surface area is 257 Å². The van der Waals surface area contributed by atoms with Gasteiger partial charge in [0.2, 0.25) is 5.78 Å². The van der Waals surface area contributed by atoms with E-state index in [-0.39, 0.29) is 40.0 Å². The van der Waals surface area contributed by atoms with Crippen molar-refractivity contribution in [3.8, 4) is 28.6 Å². The topological polar surface area (TPSA) is 150 Å². The van der Waals surface area contributed by atoms with Crippen molar-refractivity contribution in [3.63, 3.8) is 0 Å². The van der Waals surface area contributed by atoms with Crippen molar-refractivity contribution in [2.45, 2.75) is 20.3 Å². The smallest absolute Gasteiger partial charge is 0.333 e. The van der Waals surface area contributed by atoms with Crippen molar-refractivity contribution in [1.29, 1.82) is 0 Å². The molecule has 6 rings (SSSR count). The van der Waals surface area contributed by atoms with Crippen LogP contribution in [0.4, 0.5) is 19.0 Å². The molecule has 0 spiro atoms. The normalized spacial score (nSPS) is 11.3. The number of ether oxygens (including phenoxy) is 2. The number of alkyl halides is 2. The average molecular weight is 631 g/mol. The van der Waals surface area contributed by atoms with E-state index in [2.05, 4.69) is 15.1 Å². The lowest BCUT2D eigenvalue weighted by atomic mass is 10.1. The Kier molecular flexibility index (Phi) is 7.69. The Morgan fingerprint density at radius 1 is 0.978 bits per heavy atom. The highest BCUT2D eigenvalue weighted by Crippen LogP contribution is 2.32. The molecular weight excluding hydrogens is 605 g/mol. The third kappa shape index (κ3) is 5.63. The summed E-state index contributed by atoms with van der Waals surface area (Å²) in [5.41, 5.74) is 7.10. The number of nitrogen functional groups attached to an aromatic ring is 1. The zero-order valence-corrected chi connectivity index (χ0v) is 24.3. The van der Waals surface area contributed by atoms with Crippen LogP contribution in [0.25, 0.3) is 22.3 Å². The van der Waals surface area contributed by atoms with Gasteiger partial charge in [0.25, 0.3) is 12.0 Å². The molecule has 6 aromatic rings. The van der Waals surface area contributed by atoms with Crippen LogP contribution < -0.4 is 26.5 Å². The van der Waals surface area contributed by atoms with Crippen molar-refractivity contribution in [1.82, 2.24) is 24.3 Å². The maximum Gasteiger partial charge on any atom is 0.333 e. The van der Waals surface area contributed by atoms with Crippen LogP contribution in [-0.2, 0) is 0 Å². The van der Waals surface area contributed by atoms with E-state index in [0.29, 0.717) is 27.9 Å². The van der Waals surface area contributed by atoms with Crippen LogP contribution >= 0.6 is 0 Å². The molecular formula is C32H25F3N6O5. The highest BCUT2D eigenvalue weighted by Gasteiger charge is 2.22. The van der Waals surface area contributed by atoms with Crippen LogP contribution in [-0.4, -0.2) is 43.1 Å². The number of carbonyl (C=O) groups excluding carboxylic acids is 1. The summed E-state index contributed by atoms with van der Waals surface area (Å²) in [6.45, 7) is 2.34. The van der Waals surface area contributed by atoms with Crippen molar-refractivity contribution in [2.75, 3.05) is 12.3 Å². The summed E-state index contributed by atoms with van der Waals surface area (Å²) in [7, 11) is 0. The fourth-order valence-corrected chi connectivity index (χ4v) is 5.08. The molecule has 0 atom stereocenters. The number of hydrogen-bond donors (Lipinski definition) is 3. The van der Waals surface area contributed by atoms with E-state index in [9.17, 15) is 27.6 Å². The number of nitrogens with one attached hydrogen (secondary N) is 2. The molecule has 46 heavy (non-hydrogen) atoms. The molecule has 3 aromatic heterocycles. The fourth-order valence-electron chi connectivity index (χ4n) is 5.08. The number of anilines is 1. The molecule has 4 N–H and O–H groups in total. The maximum atomic E-state index is 14.0. The second-order valence-electron chi connectivity index (χ2n) is 10.4. The number of nitrogens with zero attached hydrogens (tertiary/aromatic N) is 3. The Morgan fingerprint density at radius 2 is 1.76 bits per heavy atom. The largest absolute Gasteiger partial charge is 0.485 e. The minimum Gasteiger partial charge on any atom is -0.485 e. The zero-order valence-electron chi connectivity index (χ0n) is 24.3. The van der Waals surface area contributed by atoms with Crippen LogP contribution in [0, 0.1) is 19.7 Å². The van der Waals surface area contributed by atoms with Gasteiger partial charge < -0.3 is 20.2 Å². The zero-order chi connectivity index (χ0) is 32.7. The molecule has 0 aliphatic carbocycles. The number of halogens is 3. The summed E-state index contributed by atoms with van der Waals surface area (Å²) in [5, 5.41) is 4.74. The monoisotopic (exact) mass is 630 g/mol. The first-order valence-corrected chi connectivity index (χ1v) is 13.8. The summed E-state index contributed by atoms with van der Waals surface area (Å²) in [6.07, 6.45) is -1.47. The molecule has 0 fully saturated rings. The summed E-state index contributed by atoms with van der Waals surface area (Å²) >= 11 is 0. The molecule has 234 valence electrons. The third-order valence-corrected chi connectivity index (χ3v) is 7.19. The molecule has 0 aliphatic rings. The number of aromatic amines is 2. The van der Waals surface area contributed by atoms with Gasteiger partial charge in [0, 0.05) is 22.7 Å². The van der Waals surface area contributed by atoms with E-state index in [0.717, 1.165) is 4.57 Å². The number of nitrogens with two attached hydrogens (primary N) is 1. The first kappa shape index (κ1) is 30.0. The Hall–Kier alpha value is -6.05. The third-order valence-electron chi connectivity index (χ3n) is 7.19. The highest BCUT2D eigenvalue weighted by molar-refractivity contribution is 6.12. The summed E-state index contributed by atoms with van der Waals surface area (Å²) < 4.78 is 53.6. The van der Waals surface area contributed by atoms with Crippen LogP contribution in [0.3, 0.4) is 0 Å². The van der Waals surface area contributed by atoms with E-state index in [1.54, 1.807) is 37.3 Å². The first-order valence-electron chi connectivity index (χ1n) is 13.8. The summed E-state index contributed by atoms with van der Waals surface area (Å²) in [6, 6.07) is 16.5. The molecule has 0 amide bonds. The molecule has 0 aliphatic heterocycles. The number of fused-ring (bicyclic) bond motifs is 1. The standard InChI is InChI=1S/C32H25F3N6O5/c1-16-9-19(46-26-6-4-3-5-21(26)33)7-8-24(16)41-31(36)20(14-37-41)30(43)23-11-18-12-27(45-15-28(34)35)25(13-22(18)38-23)40-17(2)10-29(42)39-32(40)44/h3-14,28,38H,15,36H2,1-2H3,(H,39,42,44). The van der Waals surface area contributed by atoms with Crippen LogP contribution in [0.1, 0.15) is 27.3 Å². The van der Waals surface area contributed by atoms with Crippen molar-refractivity contribution < 1.29 is 27.4 Å². The van der Waals surface area contributed by atoms with Gasteiger partial charge in [-0.05, 0) is 67.9 Å². The van der Waals surface area contributed by atoms with Crippen LogP contribution in [0.2, 0.25) is 0 Å². The molecule has 0 unspecified atom stereocenters. The van der Waals surface area contributed by atoms with Gasteiger partial charge in [-0.3, -0.25) is 19.1 Å². The number of benzene rings is 3. The first-order chi connectivity index (χ1) is 22.0. The van der Waals surface area contributed by atoms with Gasteiger partial charge in [-0.25, -0.2) is 22.6 Å². The maximum absolute atomic E-state index is 14.0. The molecule has 3 aromatic carbocycles. The van der Waals surface area contributed by atoms with Gasteiger partial charge >= 0.3 is 5.69 Å². The molecule has 0 bridgehead atoms. The number of ketones is 1. The number of H-pyrrole nitrogens is 2. The van der Waals surface area contributed by atoms with Gasteiger partial charge in [0.15, 0.2) is 11.6 Å². The molecule has 0 saturated carbocycles. The summed E-state index contributed by atoms with van der Waals surface area (Å²) in [5.74, 6) is -0.567. The van der Waals surface area contributed by atoms with E-state index in [4.69, 9.17) is 15.2 Å². The second kappa shape index (κ2) is 11.8. The van der Waals surface area contributed by atoms with E-state index in [1.807, 2.05) is 0 Å². The van der Waals surface area contributed by atoms with Crippen LogP contribution in [0.5, 0.6) is 17.2 Å². The van der Waals surface area contributed by atoms with Crippen LogP contribution in [0.15, 0.2) is 82.5 Å². The number of para-hydroxylation sites is 1. The predicted octanol–water partition coefficient (Wildman–Crippen LogP) is 5.20. The predicted molar refractivity (Wildman–Crippen MR) is 163 cm³/mol. The fraction of sp³-hybridized carbons (Fsp3) is 0.125. The Bertz CT molecular complexity index is 2250. The molecule has 0 radical (unpaired) electrons. The van der Waals surface area contributed by atoms with Gasteiger partial charge in [-0.2, -0.15) is 5.10 Å². The molecule has 14 heteroatoms. The number of aromatic nitrogens is 5. The Morgan fingerprint density at radius 3 is 2.48 bits per heavy atom. The lowest BCUT2D eigenvalue weighted by Gasteiger charge is -2.15. The number of hydrogen-bond acceptors (Lipinski definition) is 7. The SMILES string of the molecule is Cc1cc(Oc2ccccc2F)ccc1-n1ncc(C(=O)c2cc3cc(OCC(F)F)c(-n4c(C)cc(=O)[nH]c4=O)cc3[nH]2)c1N. The quantitative estimate of drug-likeness (QED) is 0.186. The minimum atomic E-state index is -2.79. The van der Waals surface area contributed by atoms with E-state index >= 15 is 0 Å². The van der Waals surface area contributed by atoms with Crippen molar-refractivity contribution in [2.24, 2.45) is 0 Å². The highest BCUT2D eigenvalue weighted by atomic mass is 19.3. The van der Waals surface area contributed by atoms with Crippen molar-refractivity contribution >= 4 is 22.5 Å². The molecule has 3 heterocycles. The lowest BCUT2D eigenvalue weighted by molar-refractivity contribution is 0.0819. The molecule has 0 saturated heterocycles. The lowest BCUT2D eigenvalue weighted by Crippen LogP contribution is -2.30. The van der Waals surface area contributed by atoms with E-state index in [1.165, 1.54) is 54.2 Å². The summed E-state index contributed by atoms with van der Waals surface area (Å²) in [4.78, 5) is 43.2. The van der Waals surface area contributed by atoms with Gasteiger partial charge in [-0.15, -0.1) is 0 Å². The number of rotatable bonds is 9. The number of carbonyl (C=O) groups is 1. The van der Waals surface area contributed by atoms with Gasteiger partial charge in [-0.1, -0.05) is 12.1 Å². The average Bonchev–Trinajstić information content (AvgIpc) is 3.59. The van der Waals surface area contributed by atoms with Gasteiger partial charge in [0.1, 0.15) is 23.9 Å². The minimum absolute atomic E-state index is 0.0478. The number of aryl methyl sites for hydroxylation is 2.